The van der Waals surface area contributed by atoms with Gasteiger partial charge in [-0.25, -0.2) is 0 Å². The third kappa shape index (κ3) is 2.36. The molecule has 1 heterocycles. The summed E-state index contributed by atoms with van der Waals surface area (Å²) in [6.45, 7) is 0. The van der Waals surface area contributed by atoms with Gasteiger partial charge in [-0.1, -0.05) is 37.8 Å². The molecule has 1 aliphatic rings. The summed E-state index contributed by atoms with van der Waals surface area (Å²) < 4.78 is 2.38. The van der Waals surface area contributed by atoms with Crippen LogP contribution in [0, 0.1) is 5.92 Å². The predicted molar refractivity (Wildman–Crippen MR) is 81.1 cm³/mol. The molecule has 1 aliphatic carbocycles. The van der Waals surface area contributed by atoms with Gasteiger partial charge in [0.1, 0.15) is 0 Å². The second kappa shape index (κ2) is 5.32. The van der Waals surface area contributed by atoms with Gasteiger partial charge in [0.25, 0.3) is 0 Å². The molecule has 1 fully saturated rings. The first-order valence-electron chi connectivity index (χ1n) is 6.59. The van der Waals surface area contributed by atoms with Crippen LogP contribution in [-0.2, 0) is 0 Å². The van der Waals surface area contributed by atoms with E-state index in [4.69, 9.17) is 0 Å². The van der Waals surface area contributed by atoms with E-state index in [9.17, 15) is 5.11 Å². The number of fused-ring (bicyclic) bond motifs is 1. The van der Waals surface area contributed by atoms with Crippen LogP contribution >= 0.6 is 27.3 Å². The lowest BCUT2D eigenvalue weighted by Gasteiger charge is -2.15. The van der Waals surface area contributed by atoms with Crippen LogP contribution < -0.4 is 0 Å². The highest BCUT2D eigenvalue weighted by Crippen LogP contribution is 2.39. The number of aliphatic hydroxyl groups is 1. The van der Waals surface area contributed by atoms with Crippen LogP contribution in [0.5, 0.6) is 0 Å². The number of halogens is 1. The van der Waals surface area contributed by atoms with Gasteiger partial charge in [-0.05, 0) is 50.7 Å². The zero-order valence-corrected chi connectivity index (χ0v) is 12.6. The summed E-state index contributed by atoms with van der Waals surface area (Å²) >= 11 is 5.30. The fraction of sp³-hybridized carbons (Fsp3) is 0.467. The first kappa shape index (κ1) is 12.6. The first-order valence-corrected chi connectivity index (χ1v) is 8.26. The zero-order chi connectivity index (χ0) is 12.5. The second-order valence-electron chi connectivity index (χ2n) is 5.21. The molecule has 0 aliphatic heterocycles. The van der Waals surface area contributed by atoms with Gasteiger partial charge < -0.3 is 5.11 Å². The Hall–Kier alpha value is -0.380. The Morgan fingerprint density at radius 3 is 2.89 bits per heavy atom. The summed E-state index contributed by atoms with van der Waals surface area (Å²) in [5.41, 5.74) is 1.11. The van der Waals surface area contributed by atoms with Crippen molar-refractivity contribution in [1.29, 1.82) is 0 Å². The molecule has 1 saturated carbocycles. The quantitative estimate of drug-likeness (QED) is 0.814. The third-order valence-electron chi connectivity index (χ3n) is 3.97. The first-order chi connectivity index (χ1) is 8.75. The van der Waals surface area contributed by atoms with Gasteiger partial charge in [0.05, 0.1) is 6.10 Å². The molecule has 3 heteroatoms. The Morgan fingerprint density at radius 2 is 2.11 bits per heavy atom. The Kier molecular flexibility index (Phi) is 3.73. The summed E-state index contributed by atoms with van der Waals surface area (Å²) in [7, 11) is 0. The molecule has 18 heavy (non-hydrogen) atoms. The molecule has 1 aromatic carbocycles. The summed E-state index contributed by atoms with van der Waals surface area (Å²) in [5.74, 6) is 0.724. The topological polar surface area (TPSA) is 20.2 Å². The highest BCUT2D eigenvalue weighted by atomic mass is 79.9. The van der Waals surface area contributed by atoms with Gasteiger partial charge in [0.15, 0.2) is 0 Å². The van der Waals surface area contributed by atoms with E-state index in [-0.39, 0.29) is 6.10 Å². The molecule has 2 aromatic rings. The standard InChI is InChI=1S/C15H17BrOS/c16-13-7-3-6-11-12(9-18-15(11)13)14(17)8-10-4-1-2-5-10/h3,6-7,9-10,14,17H,1-2,4-5,8H2. The SMILES string of the molecule is OC(CC1CCCC1)c1csc2c(Br)cccc12. The smallest absolute Gasteiger partial charge is 0.0806 e. The van der Waals surface area contributed by atoms with Crippen LogP contribution in [0.1, 0.15) is 43.8 Å². The van der Waals surface area contributed by atoms with Gasteiger partial charge in [-0.2, -0.15) is 0 Å². The number of rotatable bonds is 3. The average molecular weight is 325 g/mol. The molecule has 0 amide bonds. The van der Waals surface area contributed by atoms with Crippen molar-refractivity contribution in [3.05, 3.63) is 33.6 Å². The number of aliphatic hydroxyl groups excluding tert-OH is 1. The summed E-state index contributed by atoms with van der Waals surface area (Å²) in [6, 6.07) is 6.22. The van der Waals surface area contributed by atoms with Crippen molar-refractivity contribution < 1.29 is 5.11 Å². The third-order valence-corrected chi connectivity index (χ3v) is 5.94. The van der Waals surface area contributed by atoms with Crippen LogP contribution in [0.4, 0.5) is 0 Å². The van der Waals surface area contributed by atoms with Gasteiger partial charge in [0, 0.05) is 9.17 Å². The molecular weight excluding hydrogens is 308 g/mol. The van der Waals surface area contributed by atoms with E-state index in [1.807, 2.05) is 6.07 Å². The summed E-state index contributed by atoms with van der Waals surface area (Å²) in [4.78, 5) is 0. The maximum atomic E-state index is 10.5. The summed E-state index contributed by atoms with van der Waals surface area (Å²) in [5, 5.41) is 13.8. The minimum atomic E-state index is -0.295. The van der Waals surface area contributed by atoms with Crippen LogP contribution in [0.3, 0.4) is 0 Å². The van der Waals surface area contributed by atoms with Crippen molar-refractivity contribution in [3.8, 4) is 0 Å². The molecule has 0 radical (unpaired) electrons. The van der Waals surface area contributed by atoms with Crippen molar-refractivity contribution in [2.45, 2.75) is 38.2 Å². The molecule has 1 unspecified atom stereocenters. The van der Waals surface area contributed by atoms with Crippen molar-refractivity contribution in [1.82, 2.24) is 0 Å². The molecule has 96 valence electrons. The molecule has 3 rings (SSSR count). The second-order valence-corrected chi connectivity index (χ2v) is 6.94. The van der Waals surface area contributed by atoms with E-state index >= 15 is 0 Å². The Labute approximate surface area is 120 Å². The molecule has 1 atom stereocenters. The molecule has 1 N–H and O–H groups in total. The summed E-state index contributed by atoms with van der Waals surface area (Å²) in [6.07, 6.45) is 5.90. The van der Waals surface area contributed by atoms with E-state index in [2.05, 4.69) is 33.4 Å². The maximum Gasteiger partial charge on any atom is 0.0806 e. The Bertz CT molecular complexity index is 542. The van der Waals surface area contributed by atoms with Crippen molar-refractivity contribution in [3.63, 3.8) is 0 Å². The van der Waals surface area contributed by atoms with Crippen LogP contribution in [-0.4, -0.2) is 5.11 Å². The number of thiophene rings is 1. The predicted octanol–water partition coefficient (Wildman–Crippen LogP) is 5.28. The van der Waals surface area contributed by atoms with Gasteiger partial charge in [-0.15, -0.1) is 11.3 Å². The fourth-order valence-corrected chi connectivity index (χ4v) is 4.66. The van der Waals surface area contributed by atoms with Crippen molar-refractivity contribution in [2.24, 2.45) is 5.92 Å². The van der Waals surface area contributed by atoms with Gasteiger partial charge in [-0.3, -0.25) is 0 Å². The largest absolute Gasteiger partial charge is 0.388 e. The van der Waals surface area contributed by atoms with Gasteiger partial charge >= 0.3 is 0 Å². The number of benzene rings is 1. The minimum absolute atomic E-state index is 0.295. The van der Waals surface area contributed by atoms with E-state index in [1.54, 1.807) is 11.3 Å². The molecule has 1 nitrogen and oxygen atoms in total. The molecule has 0 spiro atoms. The fourth-order valence-electron chi connectivity index (χ4n) is 2.99. The molecule has 0 saturated heterocycles. The lowest BCUT2D eigenvalue weighted by molar-refractivity contribution is 0.146. The lowest BCUT2D eigenvalue weighted by atomic mass is 9.95. The van der Waals surface area contributed by atoms with E-state index in [0.29, 0.717) is 0 Å². The minimum Gasteiger partial charge on any atom is -0.388 e. The Morgan fingerprint density at radius 1 is 1.33 bits per heavy atom. The highest BCUT2D eigenvalue weighted by molar-refractivity contribution is 9.10. The van der Waals surface area contributed by atoms with E-state index in [1.165, 1.54) is 35.8 Å². The average Bonchev–Trinajstić information content (AvgIpc) is 2.98. The maximum absolute atomic E-state index is 10.5. The highest BCUT2D eigenvalue weighted by Gasteiger charge is 2.21. The zero-order valence-electron chi connectivity index (χ0n) is 10.2. The normalized spacial score (nSPS) is 18.6. The molecule has 1 aromatic heterocycles. The Balaban J connectivity index is 1.86. The lowest BCUT2D eigenvalue weighted by Crippen LogP contribution is -2.03. The molecular formula is C15H17BrOS. The van der Waals surface area contributed by atoms with Crippen molar-refractivity contribution in [2.75, 3.05) is 0 Å². The number of hydrogen-bond donors (Lipinski definition) is 1. The van der Waals surface area contributed by atoms with Crippen molar-refractivity contribution >= 4 is 37.4 Å². The monoisotopic (exact) mass is 324 g/mol. The van der Waals surface area contributed by atoms with Crippen LogP contribution in [0.2, 0.25) is 0 Å². The molecule has 0 bridgehead atoms. The van der Waals surface area contributed by atoms with E-state index in [0.717, 1.165) is 22.4 Å². The number of hydrogen-bond acceptors (Lipinski definition) is 2. The van der Waals surface area contributed by atoms with E-state index < -0.39 is 0 Å². The van der Waals surface area contributed by atoms with Crippen LogP contribution in [0.15, 0.2) is 28.1 Å². The van der Waals surface area contributed by atoms with Crippen LogP contribution in [0.25, 0.3) is 10.1 Å². The van der Waals surface area contributed by atoms with Gasteiger partial charge in [0.2, 0.25) is 0 Å².